The van der Waals surface area contributed by atoms with E-state index < -0.39 is 24.3 Å². The van der Waals surface area contributed by atoms with Crippen LogP contribution in [0.5, 0.6) is 0 Å². The highest BCUT2D eigenvalue weighted by Crippen LogP contribution is 2.30. The first kappa shape index (κ1) is 14.1. The number of hydrogen-bond acceptors (Lipinski definition) is 4. The Morgan fingerprint density at radius 3 is 2.27 bits per heavy atom. The predicted octanol–water partition coefficient (Wildman–Crippen LogP) is -0.572. The molecule has 0 saturated heterocycles. The number of hydrogen-bond donors (Lipinski definition) is 2. The van der Waals surface area contributed by atoms with Crippen molar-refractivity contribution in [2.75, 3.05) is 26.9 Å². The summed E-state index contributed by atoms with van der Waals surface area (Å²) in [5.74, 6) is -1.90. The molecule has 0 radical (unpaired) electrons. The molecule has 0 bridgehead atoms. The van der Waals surface area contributed by atoms with Crippen molar-refractivity contribution in [1.82, 2.24) is 0 Å². The molecule has 0 spiro atoms. The van der Waals surface area contributed by atoms with Crippen LogP contribution in [0.2, 0.25) is 0 Å². The number of amides is 1. The molecule has 0 aromatic carbocycles. The van der Waals surface area contributed by atoms with Gasteiger partial charge in [0.2, 0.25) is 0 Å². The van der Waals surface area contributed by atoms with Crippen LogP contribution in [0.3, 0.4) is 0 Å². The molecular formula is C7H12F3NO4. The van der Waals surface area contributed by atoms with Crippen molar-refractivity contribution in [3.8, 4) is 0 Å². The Hall–Kier alpha value is -0.860. The molecule has 0 fully saturated rings. The van der Waals surface area contributed by atoms with Crippen LogP contribution >= 0.6 is 0 Å². The van der Waals surface area contributed by atoms with Crippen LogP contribution in [0.25, 0.3) is 0 Å². The fourth-order valence-electron chi connectivity index (χ4n) is 0.655. The lowest BCUT2D eigenvalue weighted by molar-refractivity contribution is -0.263. The molecule has 0 aliphatic carbocycles. The van der Waals surface area contributed by atoms with Crippen LogP contribution in [-0.4, -0.2) is 49.7 Å². The third-order valence-corrected chi connectivity index (χ3v) is 1.62. The summed E-state index contributed by atoms with van der Waals surface area (Å²) in [6.45, 7) is -1.37. The van der Waals surface area contributed by atoms with Crippen LogP contribution in [-0.2, 0) is 14.3 Å². The number of nitrogens with two attached hydrogens (primary N) is 1. The molecule has 0 saturated carbocycles. The molecule has 1 atom stereocenters. The van der Waals surface area contributed by atoms with Crippen molar-refractivity contribution in [3.63, 3.8) is 0 Å². The van der Waals surface area contributed by atoms with Gasteiger partial charge in [-0.1, -0.05) is 0 Å². The van der Waals surface area contributed by atoms with E-state index in [4.69, 9.17) is 5.11 Å². The number of alkyl halides is 3. The first-order valence-electron chi connectivity index (χ1n) is 3.91. The third kappa shape index (κ3) is 3.65. The van der Waals surface area contributed by atoms with Crippen molar-refractivity contribution in [2.45, 2.75) is 11.8 Å². The predicted molar refractivity (Wildman–Crippen MR) is 42.9 cm³/mol. The number of primary amides is 1. The summed E-state index contributed by atoms with van der Waals surface area (Å²) in [6, 6.07) is 0. The summed E-state index contributed by atoms with van der Waals surface area (Å²) < 4.78 is 45.5. The van der Waals surface area contributed by atoms with Gasteiger partial charge >= 0.3 is 6.18 Å². The Balaban J connectivity index is 4.35. The summed E-state index contributed by atoms with van der Waals surface area (Å²) in [5.41, 5.74) is 0.800. The third-order valence-electron chi connectivity index (χ3n) is 1.62. The molecule has 3 N–H and O–H groups in total. The maximum atomic E-state index is 12.2. The number of methoxy groups -OCH3 is 1. The molecule has 0 aliphatic heterocycles. The topological polar surface area (TPSA) is 81.8 Å². The summed E-state index contributed by atoms with van der Waals surface area (Å²) in [7, 11) is 1.33. The molecule has 1 unspecified atom stereocenters. The van der Waals surface area contributed by atoms with Crippen molar-refractivity contribution in [2.24, 2.45) is 5.73 Å². The molecule has 1 amide bonds. The van der Waals surface area contributed by atoms with E-state index in [1.807, 2.05) is 0 Å². The van der Waals surface area contributed by atoms with Gasteiger partial charge in [-0.2, -0.15) is 13.2 Å². The zero-order valence-electron chi connectivity index (χ0n) is 8.00. The lowest BCUT2D eigenvalue weighted by atomic mass is 10.0. The number of carbonyl (C=O) groups is 1. The minimum absolute atomic E-state index is 0.0483. The molecule has 0 aliphatic rings. The second-order valence-corrected chi connectivity index (χ2v) is 2.77. The summed E-state index contributed by atoms with van der Waals surface area (Å²) in [6.07, 6.45) is -5.16. The molecule has 90 valence electrons. The van der Waals surface area contributed by atoms with E-state index in [9.17, 15) is 18.0 Å². The van der Waals surface area contributed by atoms with Crippen LogP contribution in [0.1, 0.15) is 0 Å². The van der Waals surface area contributed by atoms with E-state index in [1.54, 1.807) is 0 Å². The van der Waals surface area contributed by atoms with Gasteiger partial charge in [-0.15, -0.1) is 0 Å². The number of ether oxygens (including phenoxy) is 2. The highest BCUT2D eigenvalue weighted by atomic mass is 19.4. The quantitative estimate of drug-likeness (QED) is 0.600. The van der Waals surface area contributed by atoms with Crippen LogP contribution < -0.4 is 5.73 Å². The maximum Gasteiger partial charge on any atom is 0.428 e. The number of rotatable bonds is 6. The fourth-order valence-corrected chi connectivity index (χ4v) is 0.655. The average molecular weight is 231 g/mol. The van der Waals surface area contributed by atoms with Crippen LogP contribution in [0.4, 0.5) is 13.2 Å². The van der Waals surface area contributed by atoms with E-state index in [0.29, 0.717) is 0 Å². The first-order chi connectivity index (χ1) is 6.75. The average Bonchev–Trinajstić information content (AvgIpc) is 2.09. The Morgan fingerprint density at radius 1 is 1.40 bits per heavy atom. The highest BCUT2D eigenvalue weighted by molar-refractivity contribution is 5.84. The molecule has 0 aromatic rings. The summed E-state index contributed by atoms with van der Waals surface area (Å²) in [5, 5.41) is 8.96. The van der Waals surface area contributed by atoms with Crippen molar-refractivity contribution < 1.29 is 32.5 Å². The van der Waals surface area contributed by atoms with Crippen molar-refractivity contribution in [3.05, 3.63) is 0 Å². The van der Waals surface area contributed by atoms with E-state index in [0.717, 1.165) is 0 Å². The van der Waals surface area contributed by atoms with Gasteiger partial charge in [0.1, 0.15) is 0 Å². The molecular weight excluding hydrogens is 219 g/mol. The lowest BCUT2D eigenvalue weighted by Gasteiger charge is -2.26. The normalized spacial score (nSPS) is 16.1. The zero-order valence-corrected chi connectivity index (χ0v) is 8.00. The van der Waals surface area contributed by atoms with Gasteiger partial charge in [0.05, 0.1) is 19.8 Å². The molecule has 0 rings (SSSR count). The first-order valence-corrected chi connectivity index (χ1v) is 3.91. The SMILES string of the molecule is COCCOCC(O)(C(N)=O)C(F)(F)F. The van der Waals surface area contributed by atoms with Gasteiger partial charge in [-0.3, -0.25) is 4.79 Å². The number of halogens is 3. The van der Waals surface area contributed by atoms with Gasteiger partial charge in [0, 0.05) is 7.11 Å². The number of carbonyl (C=O) groups excluding carboxylic acids is 1. The van der Waals surface area contributed by atoms with Crippen molar-refractivity contribution in [1.29, 1.82) is 0 Å². The van der Waals surface area contributed by atoms with Gasteiger partial charge in [0.15, 0.2) is 0 Å². The van der Waals surface area contributed by atoms with E-state index in [1.165, 1.54) is 7.11 Å². The molecule has 0 heterocycles. The largest absolute Gasteiger partial charge is 0.428 e. The zero-order chi connectivity index (χ0) is 12.1. The van der Waals surface area contributed by atoms with Gasteiger partial charge in [0.25, 0.3) is 11.5 Å². The Bertz CT molecular complexity index is 221. The van der Waals surface area contributed by atoms with E-state index in [-0.39, 0.29) is 13.2 Å². The van der Waals surface area contributed by atoms with Crippen LogP contribution in [0, 0.1) is 0 Å². The number of aliphatic hydroxyl groups is 1. The fraction of sp³-hybridized carbons (Fsp3) is 0.857. The Labute approximate surface area is 83.9 Å². The maximum absolute atomic E-state index is 12.2. The smallest absolute Gasteiger partial charge is 0.382 e. The Kier molecular flexibility index (Phi) is 4.98. The molecule has 0 aromatic heterocycles. The monoisotopic (exact) mass is 231 g/mol. The van der Waals surface area contributed by atoms with Crippen LogP contribution in [0.15, 0.2) is 0 Å². The molecule has 5 nitrogen and oxygen atoms in total. The minimum atomic E-state index is -5.16. The van der Waals surface area contributed by atoms with Gasteiger partial charge in [-0.25, -0.2) is 0 Å². The van der Waals surface area contributed by atoms with Gasteiger partial charge in [-0.05, 0) is 0 Å². The second-order valence-electron chi connectivity index (χ2n) is 2.77. The van der Waals surface area contributed by atoms with E-state index >= 15 is 0 Å². The summed E-state index contributed by atoms with van der Waals surface area (Å²) >= 11 is 0. The van der Waals surface area contributed by atoms with Gasteiger partial charge < -0.3 is 20.3 Å². The standard InChI is InChI=1S/C7H12F3NO4/c1-14-2-3-15-4-6(13,5(11)12)7(8,9)10/h13H,2-4H2,1H3,(H2,11,12). The molecule has 15 heavy (non-hydrogen) atoms. The lowest BCUT2D eigenvalue weighted by Crippen LogP contribution is -2.58. The second kappa shape index (κ2) is 5.29. The van der Waals surface area contributed by atoms with E-state index in [2.05, 4.69) is 15.2 Å². The Morgan fingerprint density at radius 2 is 1.93 bits per heavy atom. The minimum Gasteiger partial charge on any atom is -0.382 e. The molecule has 8 heteroatoms. The van der Waals surface area contributed by atoms with Crippen molar-refractivity contribution >= 4 is 5.91 Å². The summed E-state index contributed by atoms with van der Waals surface area (Å²) in [4.78, 5) is 10.5. The highest BCUT2D eigenvalue weighted by Gasteiger charge is 2.58.